The Morgan fingerprint density at radius 1 is 1.00 bits per heavy atom. The molecule has 3 aromatic heterocycles. The lowest BCUT2D eigenvalue weighted by atomic mass is 10.0. The van der Waals surface area contributed by atoms with Gasteiger partial charge in [-0.1, -0.05) is 54.1 Å². The van der Waals surface area contributed by atoms with Crippen molar-refractivity contribution in [1.29, 1.82) is 0 Å². The van der Waals surface area contributed by atoms with E-state index in [0.29, 0.717) is 17.3 Å². The molecule has 0 bridgehead atoms. The highest BCUT2D eigenvalue weighted by Gasteiger charge is 2.17. The second kappa shape index (κ2) is 6.61. The van der Waals surface area contributed by atoms with E-state index in [1.54, 1.807) is 16.6 Å². The molecule has 26 heavy (non-hydrogen) atoms. The molecular weight excluding hydrogens is 350 g/mol. The van der Waals surface area contributed by atoms with Crippen LogP contribution in [-0.4, -0.2) is 25.7 Å². The molecule has 128 valence electrons. The number of hydrogen-bond donors (Lipinski definition) is 1. The molecule has 4 rings (SSSR count). The molecule has 0 radical (unpaired) electrons. The van der Waals surface area contributed by atoms with E-state index in [2.05, 4.69) is 10.1 Å². The first-order valence-electron chi connectivity index (χ1n) is 8.04. The number of hydrogen-bond acceptors (Lipinski definition) is 3. The van der Waals surface area contributed by atoms with E-state index in [4.69, 9.17) is 11.6 Å². The SMILES string of the molecule is O=C(O)c1cccc(Cc2c(-c3ccccc3)nn3c(Cl)cccc23)n1. The van der Waals surface area contributed by atoms with E-state index in [9.17, 15) is 9.90 Å². The van der Waals surface area contributed by atoms with Crippen molar-refractivity contribution >= 4 is 23.1 Å². The number of nitrogens with zero attached hydrogens (tertiary/aromatic N) is 3. The molecule has 5 nitrogen and oxygen atoms in total. The van der Waals surface area contributed by atoms with Gasteiger partial charge < -0.3 is 5.11 Å². The molecular formula is C20H14ClN3O2. The quantitative estimate of drug-likeness (QED) is 0.548. The van der Waals surface area contributed by atoms with Gasteiger partial charge in [-0.2, -0.15) is 5.10 Å². The Morgan fingerprint density at radius 2 is 1.77 bits per heavy atom. The van der Waals surface area contributed by atoms with Gasteiger partial charge in [0.25, 0.3) is 0 Å². The first-order chi connectivity index (χ1) is 12.6. The number of carbonyl (C=O) groups is 1. The molecule has 6 heteroatoms. The Hall–Kier alpha value is -3.18. The summed E-state index contributed by atoms with van der Waals surface area (Å²) < 4.78 is 1.69. The molecule has 1 N–H and O–H groups in total. The van der Waals surface area contributed by atoms with Crippen molar-refractivity contribution in [2.75, 3.05) is 0 Å². The van der Waals surface area contributed by atoms with Crippen LogP contribution in [0, 0.1) is 0 Å². The third kappa shape index (κ3) is 2.93. The molecule has 0 aliphatic carbocycles. The Bertz CT molecular complexity index is 1110. The third-order valence-corrected chi connectivity index (χ3v) is 4.43. The molecule has 4 aromatic rings. The second-order valence-electron chi connectivity index (χ2n) is 5.83. The van der Waals surface area contributed by atoms with Crippen LogP contribution in [0.5, 0.6) is 0 Å². The van der Waals surface area contributed by atoms with Crippen molar-refractivity contribution in [2.45, 2.75) is 6.42 Å². The lowest BCUT2D eigenvalue weighted by Crippen LogP contribution is -2.03. The Labute approximate surface area is 154 Å². The fourth-order valence-corrected chi connectivity index (χ4v) is 3.17. The van der Waals surface area contributed by atoms with Crippen LogP contribution < -0.4 is 0 Å². The summed E-state index contributed by atoms with van der Waals surface area (Å²) in [6.45, 7) is 0. The highest BCUT2D eigenvalue weighted by molar-refractivity contribution is 6.29. The van der Waals surface area contributed by atoms with E-state index in [1.807, 2.05) is 48.5 Å². The van der Waals surface area contributed by atoms with Crippen LogP contribution in [0.15, 0.2) is 66.7 Å². The number of rotatable bonds is 4. The van der Waals surface area contributed by atoms with E-state index in [1.165, 1.54) is 6.07 Å². The fraction of sp³-hybridized carbons (Fsp3) is 0.0500. The molecule has 0 aliphatic heterocycles. The normalized spacial score (nSPS) is 11.0. The first kappa shape index (κ1) is 16.3. The van der Waals surface area contributed by atoms with Crippen LogP contribution in [0.2, 0.25) is 5.15 Å². The van der Waals surface area contributed by atoms with Gasteiger partial charge in [0.15, 0.2) is 0 Å². The summed E-state index contributed by atoms with van der Waals surface area (Å²) in [6, 6.07) is 20.4. The molecule has 0 aliphatic rings. The summed E-state index contributed by atoms with van der Waals surface area (Å²) >= 11 is 6.31. The van der Waals surface area contributed by atoms with E-state index in [0.717, 1.165) is 22.3 Å². The van der Waals surface area contributed by atoms with Crippen molar-refractivity contribution in [1.82, 2.24) is 14.6 Å². The van der Waals surface area contributed by atoms with Gasteiger partial charge in [-0.25, -0.2) is 14.3 Å². The molecule has 0 unspecified atom stereocenters. The first-order valence-corrected chi connectivity index (χ1v) is 8.42. The number of carboxylic acids is 1. The van der Waals surface area contributed by atoms with Gasteiger partial charge in [0.2, 0.25) is 0 Å². The van der Waals surface area contributed by atoms with Crippen molar-refractivity contribution in [3.8, 4) is 11.3 Å². The smallest absolute Gasteiger partial charge is 0.354 e. The zero-order valence-corrected chi connectivity index (χ0v) is 14.4. The van der Waals surface area contributed by atoms with Crippen LogP contribution in [0.3, 0.4) is 0 Å². The van der Waals surface area contributed by atoms with Gasteiger partial charge in [-0.15, -0.1) is 0 Å². The third-order valence-electron chi connectivity index (χ3n) is 4.14. The lowest BCUT2D eigenvalue weighted by molar-refractivity contribution is 0.0690. The summed E-state index contributed by atoms with van der Waals surface area (Å²) in [7, 11) is 0. The average Bonchev–Trinajstić information content (AvgIpc) is 3.03. The van der Waals surface area contributed by atoms with Crippen LogP contribution in [0.25, 0.3) is 16.8 Å². The highest BCUT2D eigenvalue weighted by atomic mass is 35.5. The Morgan fingerprint density at radius 3 is 2.54 bits per heavy atom. The van der Waals surface area contributed by atoms with Crippen molar-refractivity contribution < 1.29 is 9.90 Å². The summed E-state index contributed by atoms with van der Waals surface area (Å²) in [5.74, 6) is -1.04. The molecule has 0 spiro atoms. The van der Waals surface area contributed by atoms with E-state index >= 15 is 0 Å². The topological polar surface area (TPSA) is 67.5 Å². The van der Waals surface area contributed by atoms with E-state index < -0.39 is 5.97 Å². The Kier molecular flexibility index (Phi) is 4.14. The second-order valence-corrected chi connectivity index (χ2v) is 6.22. The predicted molar refractivity (Wildman–Crippen MR) is 99.6 cm³/mol. The number of aromatic nitrogens is 3. The maximum absolute atomic E-state index is 11.2. The number of aromatic carboxylic acids is 1. The molecule has 0 saturated heterocycles. The number of pyridine rings is 2. The summed E-state index contributed by atoms with van der Waals surface area (Å²) in [4.78, 5) is 15.4. The van der Waals surface area contributed by atoms with Crippen molar-refractivity contribution in [2.24, 2.45) is 0 Å². The summed E-state index contributed by atoms with van der Waals surface area (Å²) in [5, 5.41) is 14.4. The van der Waals surface area contributed by atoms with Gasteiger partial charge in [0.05, 0.1) is 11.2 Å². The molecule has 0 atom stereocenters. The maximum atomic E-state index is 11.2. The number of benzene rings is 1. The van der Waals surface area contributed by atoms with Crippen LogP contribution in [0.1, 0.15) is 21.7 Å². The fourth-order valence-electron chi connectivity index (χ4n) is 2.97. The minimum atomic E-state index is -1.04. The van der Waals surface area contributed by atoms with Gasteiger partial charge in [-0.05, 0) is 24.3 Å². The van der Waals surface area contributed by atoms with Crippen molar-refractivity contribution in [3.05, 3.63) is 88.8 Å². The van der Waals surface area contributed by atoms with Gasteiger partial charge in [0.1, 0.15) is 10.8 Å². The minimum Gasteiger partial charge on any atom is -0.477 e. The standard InChI is InChI=1S/C20H14ClN3O2/c21-18-11-5-10-17-15(12-14-8-4-9-16(22-14)20(25)26)19(23-24(17)18)13-6-2-1-3-7-13/h1-11H,12H2,(H,25,26). The minimum absolute atomic E-state index is 0.0262. The predicted octanol–water partition coefficient (Wildman–Crippen LogP) is 4.34. The average molecular weight is 364 g/mol. The molecule has 3 heterocycles. The number of halogens is 1. The lowest BCUT2D eigenvalue weighted by Gasteiger charge is -2.05. The number of fused-ring (bicyclic) bond motifs is 1. The molecule has 1 aromatic carbocycles. The maximum Gasteiger partial charge on any atom is 0.354 e. The van der Waals surface area contributed by atoms with Crippen LogP contribution >= 0.6 is 11.6 Å². The van der Waals surface area contributed by atoms with Crippen molar-refractivity contribution in [3.63, 3.8) is 0 Å². The number of carboxylic acid groups (broad SMARTS) is 1. The molecule has 0 saturated carbocycles. The highest BCUT2D eigenvalue weighted by Crippen LogP contribution is 2.29. The van der Waals surface area contributed by atoms with Gasteiger partial charge in [0, 0.05) is 23.2 Å². The van der Waals surface area contributed by atoms with Crippen LogP contribution in [0.4, 0.5) is 0 Å². The van der Waals surface area contributed by atoms with E-state index in [-0.39, 0.29) is 5.69 Å². The van der Waals surface area contributed by atoms with Gasteiger partial charge in [-0.3, -0.25) is 0 Å². The zero-order valence-electron chi connectivity index (χ0n) is 13.6. The molecule has 0 fully saturated rings. The molecule has 0 amide bonds. The largest absolute Gasteiger partial charge is 0.477 e. The summed E-state index contributed by atoms with van der Waals surface area (Å²) in [6.07, 6.45) is 0.454. The monoisotopic (exact) mass is 363 g/mol. The zero-order chi connectivity index (χ0) is 18.1. The summed E-state index contributed by atoms with van der Waals surface area (Å²) in [5.41, 5.74) is 4.29. The van der Waals surface area contributed by atoms with Crippen LogP contribution in [-0.2, 0) is 6.42 Å². The Balaban J connectivity index is 1.89. The van der Waals surface area contributed by atoms with Gasteiger partial charge >= 0.3 is 5.97 Å².